The number of hydrogen-bond acceptors (Lipinski definition) is 3. The third-order valence-corrected chi connectivity index (χ3v) is 7.13. The first-order valence-electron chi connectivity index (χ1n) is 16.3. The Balaban J connectivity index is 4.11. The van der Waals surface area contributed by atoms with E-state index in [1.165, 1.54) is 96.3 Å². The lowest BCUT2D eigenvalue weighted by Crippen LogP contribution is -2.16. The second kappa shape index (κ2) is 30.0. The lowest BCUT2D eigenvalue weighted by molar-refractivity contribution is -0.147. The summed E-state index contributed by atoms with van der Waals surface area (Å²) in [6.07, 6.45) is 36.2. The lowest BCUT2D eigenvalue weighted by atomic mass is 10.1. The van der Waals surface area contributed by atoms with E-state index in [9.17, 15) is 9.59 Å². The first-order valence-corrected chi connectivity index (χ1v) is 16.3. The Hall–Kier alpha value is -1.58. The molecule has 0 aromatic carbocycles. The summed E-state index contributed by atoms with van der Waals surface area (Å²) in [7, 11) is 0. The van der Waals surface area contributed by atoms with E-state index in [4.69, 9.17) is 9.84 Å². The molecule has 0 bridgehead atoms. The molecule has 0 saturated carbocycles. The van der Waals surface area contributed by atoms with E-state index >= 15 is 0 Å². The molecule has 4 heteroatoms. The van der Waals surface area contributed by atoms with E-state index in [0.29, 0.717) is 6.42 Å². The lowest BCUT2D eigenvalue weighted by Gasteiger charge is -2.15. The van der Waals surface area contributed by atoms with Crippen molar-refractivity contribution in [1.82, 2.24) is 0 Å². The Kier molecular flexibility index (Phi) is 28.7. The highest BCUT2D eigenvalue weighted by molar-refractivity contribution is 5.69. The number of carboxylic acids is 1. The van der Waals surface area contributed by atoms with Gasteiger partial charge in [-0.3, -0.25) is 9.59 Å². The maximum Gasteiger partial charge on any atom is 0.306 e. The standard InChI is InChI=1S/C34H62O4/c1-3-5-7-9-11-13-14-15-17-19-21-27-31-34(37)38-32(29-25-22-23-26-30-33(35)36)28-24-20-18-16-12-10-8-6-4-2/h11,13,24,28,32H,3-10,12,14-23,25-27,29-31H2,1-2H3,(H,35,36)/b13-11-,28-24-. The quantitative estimate of drug-likeness (QED) is 0.0589. The number of carboxylic acid groups (broad SMARTS) is 1. The van der Waals surface area contributed by atoms with Crippen LogP contribution in [0.1, 0.15) is 174 Å². The molecule has 4 nitrogen and oxygen atoms in total. The smallest absolute Gasteiger partial charge is 0.306 e. The van der Waals surface area contributed by atoms with Crippen molar-refractivity contribution in [2.75, 3.05) is 0 Å². The van der Waals surface area contributed by atoms with E-state index in [-0.39, 0.29) is 18.5 Å². The van der Waals surface area contributed by atoms with Crippen molar-refractivity contribution in [3.05, 3.63) is 24.3 Å². The molecular formula is C34H62O4. The fourth-order valence-electron chi connectivity index (χ4n) is 4.67. The number of ether oxygens (including phenoxy) is 1. The summed E-state index contributed by atoms with van der Waals surface area (Å²) >= 11 is 0. The van der Waals surface area contributed by atoms with Crippen LogP contribution >= 0.6 is 0 Å². The normalized spacial score (nSPS) is 12.5. The maximum atomic E-state index is 12.5. The van der Waals surface area contributed by atoms with Gasteiger partial charge in [0.25, 0.3) is 0 Å². The average molecular weight is 535 g/mol. The first kappa shape index (κ1) is 36.4. The molecular weight excluding hydrogens is 472 g/mol. The predicted molar refractivity (Wildman–Crippen MR) is 163 cm³/mol. The van der Waals surface area contributed by atoms with E-state index in [0.717, 1.165) is 51.4 Å². The zero-order chi connectivity index (χ0) is 27.9. The van der Waals surface area contributed by atoms with Gasteiger partial charge in [0.2, 0.25) is 0 Å². The van der Waals surface area contributed by atoms with Gasteiger partial charge in [-0.15, -0.1) is 0 Å². The van der Waals surface area contributed by atoms with Crippen LogP contribution in [-0.2, 0) is 14.3 Å². The Bertz CT molecular complexity index is 581. The minimum atomic E-state index is -0.722. The van der Waals surface area contributed by atoms with E-state index in [1.54, 1.807) is 0 Å². The van der Waals surface area contributed by atoms with Crippen molar-refractivity contribution < 1.29 is 19.4 Å². The van der Waals surface area contributed by atoms with Gasteiger partial charge in [0.05, 0.1) is 0 Å². The number of aliphatic carboxylic acids is 1. The molecule has 1 unspecified atom stereocenters. The first-order chi connectivity index (χ1) is 18.6. The molecule has 1 N–H and O–H groups in total. The third kappa shape index (κ3) is 29.0. The fourth-order valence-corrected chi connectivity index (χ4v) is 4.67. The van der Waals surface area contributed by atoms with Crippen molar-refractivity contribution >= 4 is 11.9 Å². The largest absolute Gasteiger partial charge is 0.481 e. The highest BCUT2D eigenvalue weighted by Crippen LogP contribution is 2.15. The molecule has 0 amide bonds. The highest BCUT2D eigenvalue weighted by atomic mass is 16.5. The van der Waals surface area contributed by atoms with Gasteiger partial charge in [-0.2, -0.15) is 0 Å². The molecule has 0 rings (SSSR count). The summed E-state index contributed by atoms with van der Waals surface area (Å²) in [5.41, 5.74) is 0. The van der Waals surface area contributed by atoms with Crippen LogP contribution in [0.5, 0.6) is 0 Å². The Morgan fingerprint density at radius 1 is 0.579 bits per heavy atom. The number of esters is 1. The molecule has 1 atom stereocenters. The van der Waals surface area contributed by atoms with Gasteiger partial charge in [0, 0.05) is 12.8 Å². The molecule has 0 saturated heterocycles. The minimum absolute atomic E-state index is 0.0727. The van der Waals surface area contributed by atoms with E-state index in [2.05, 4.69) is 38.2 Å². The van der Waals surface area contributed by atoms with Gasteiger partial charge in [-0.25, -0.2) is 0 Å². The molecule has 222 valence electrons. The van der Waals surface area contributed by atoms with Crippen LogP contribution in [0.2, 0.25) is 0 Å². The number of unbranched alkanes of at least 4 members (excludes halogenated alkanes) is 18. The Morgan fingerprint density at radius 3 is 1.63 bits per heavy atom. The van der Waals surface area contributed by atoms with Crippen LogP contribution < -0.4 is 0 Å². The van der Waals surface area contributed by atoms with Crippen molar-refractivity contribution in [3.8, 4) is 0 Å². The van der Waals surface area contributed by atoms with Crippen molar-refractivity contribution in [3.63, 3.8) is 0 Å². The number of carbonyl (C=O) groups excluding carboxylic acids is 1. The minimum Gasteiger partial charge on any atom is -0.481 e. The van der Waals surface area contributed by atoms with Crippen LogP contribution in [0.3, 0.4) is 0 Å². The van der Waals surface area contributed by atoms with Crippen LogP contribution in [0.25, 0.3) is 0 Å². The van der Waals surface area contributed by atoms with E-state index < -0.39 is 5.97 Å². The van der Waals surface area contributed by atoms with E-state index in [1.807, 2.05) is 0 Å². The highest BCUT2D eigenvalue weighted by Gasteiger charge is 2.11. The van der Waals surface area contributed by atoms with Gasteiger partial charge in [-0.05, 0) is 70.3 Å². The molecule has 38 heavy (non-hydrogen) atoms. The summed E-state index contributed by atoms with van der Waals surface area (Å²) in [6, 6.07) is 0. The monoisotopic (exact) mass is 534 g/mol. The SMILES string of the molecule is CCCCC/C=C\CCCCCCCC(=O)OC(/C=C\CCCCCCCCC)CCCCCCC(=O)O. The van der Waals surface area contributed by atoms with Crippen molar-refractivity contribution in [2.24, 2.45) is 0 Å². The van der Waals surface area contributed by atoms with Gasteiger partial charge < -0.3 is 9.84 Å². The van der Waals surface area contributed by atoms with Crippen LogP contribution in [0.4, 0.5) is 0 Å². The molecule has 0 heterocycles. The molecule has 0 fully saturated rings. The number of hydrogen-bond donors (Lipinski definition) is 1. The molecule has 0 spiro atoms. The van der Waals surface area contributed by atoms with Gasteiger partial charge in [0.1, 0.15) is 6.10 Å². The van der Waals surface area contributed by atoms with Gasteiger partial charge >= 0.3 is 11.9 Å². The number of allylic oxidation sites excluding steroid dienone is 3. The zero-order valence-corrected chi connectivity index (χ0v) is 25.2. The molecule has 0 aliphatic heterocycles. The molecule has 0 aromatic heterocycles. The summed E-state index contributed by atoms with van der Waals surface area (Å²) in [5, 5.41) is 8.79. The van der Waals surface area contributed by atoms with Crippen LogP contribution in [0.15, 0.2) is 24.3 Å². The second-order valence-corrected chi connectivity index (χ2v) is 11.0. The predicted octanol–water partition coefficient (Wildman–Crippen LogP) is 10.9. The summed E-state index contributed by atoms with van der Waals surface area (Å²) in [6.45, 7) is 4.49. The van der Waals surface area contributed by atoms with Crippen molar-refractivity contribution in [1.29, 1.82) is 0 Å². The molecule has 0 aliphatic carbocycles. The second-order valence-electron chi connectivity index (χ2n) is 11.0. The Labute approximate surface area is 236 Å². The van der Waals surface area contributed by atoms with Crippen LogP contribution in [-0.4, -0.2) is 23.1 Å². The van der Waals surface area contributed by atoms with Gasteiger partial charge in [0.15, 0.2) is 0 Å². The maximum absolute atomic E-state index is 12.5. The number of carbonyl (C=O) groups is 2. The topological polar surface area (TPSA) is 63.6 Å². The Morgan fingerprint density at radius 2 is 1.03 bits per heavy atom. The summed E-state index contributed by atoms with van der Waals surface area (Å²) in [4.78, 5) is 23.2. The summed E-state index contributed by atoms with van der Waals surface area (Å²) < 4.78 is 5.84. The molecule has 0 radical (unpaired) electrons. The fraction of sp³-hybridized carbons (Fsp3) is 0.824. The third-order valence-electron chi connectivity index (χ3n) is 7.13. The van der Waals surface area contributed by atoms with Gasteiger partial charge in [-0.1, -0.05) is 116 Å². The van der Waals surface area contributed by atoms with Crippen LogP contribution in [0, 0.1) is 0 Å². The van der Waals surface area contributed by atoms with Crippen molar-refractivity contribution in [2.45, 2.75) is 180 Å². The zero-order valence-electron chi connectivity index (χ0n) is 25.2. The molecule has 0 aromatic rings. The average Bonchev–Trinajstić information content (AvgIpc) is 2.89. The number of rotatable bonds is 29. The molecule has 0 aliphatic rings. The summed E-state index contributed by atoms with van der Waals surface area (Å²) in [5.74, 6) is -0.795.